The molecule has 4 aliphatic carbocycles. The fourth-order valence-electron chi connectivity index (χ4n) is 6.67. The highest BCUT2D eigenvalue weighted by Crippen LogP contribution is 2.64. The molecule has 1 saturated heterocycles. The fraction of sp³-hybridized carbons (Fsp3) is 0.947. The predicted octanol–water partition coefficient (Wildman–Crippen LogP) is 3.15. The van der Waals surface area contributed by atoms with E-state index in [1.54, 1.807) is 0 Å². The summed E-state index contributed by atoms with van der Waals surface area (Å²) in [7, 11) is 0. The smallest absolute Gasteiger partial charge is 0.318 e. The van der Waals surface area contributed by atoms with E-state index in [1.807, 2.05) is 0 Å². The average Bonchev–Trinajstić information content (AvgIpc) is 2.73. The summed E-state index contributed by atoms with van der Waals surface area (Å²) >= 11 is 0. The SMILES string of the molecule is CCC12CC3CC(CC(O)(C3)C1)C2N1CC(C)(C(C)C)NC1=O. The Morgan fingerprint density at radius 1 is 1.35 bits per heavy atom. The lowest BCUT2D eigenvalue weighted by Gasteiger charge is -2.65. The van der Waals surface area contributed by atoms with E-state index in [1.165, 1.54) is 12.8 Å². The van der Waals surface area contributed by atoms with Crippen LogP contribution in [0.5, 0.6) is 0 Å². The first-order valence-corrected chi connectivity index (χ1v) is 9.51. The standard InChI is InChI=1S/C19H32N2O2/c1-5-18-7-13-6-14(9-19(23,8-13)10-18)15(18)21-11-17(4,12(2)3)20-16(21)22/h12-15,23H,5-11H2,1-4H3,(H,20,22). The summed E-state index contributed by atoms with van der Waals surface area (Å²) in [5.41, 5.74) is -0.439. The summed E-state index contributed by atoms with van der Waals surface area (Å²) in [6.07, 6.45) is 6.28. The molecule has 4 saturated carbocycles. The molecule has 1 heterocycles. The van der Waals surface area contributed by atoms with Crippen molar-refractivity contribution < 1.29 is 9.90 Å². The van der Waals surface area contributed by atoms with E-state index in [-0.39, 0.29) is 17.0 Å². The van der Waals surface area contributed by atoms with Gasteiger partial charge in [0, 0.05) is 12.6 Å². The Bertz CT molecular complexity index is 535. The van der Waals surface area contributed by atoms with Crippen LogP contribution in [0.1, 0.15) is 66.2 Å². The van der Waals surface area contributed by atoms with Gasteiger partial charge in [0.25, 0.3) is 0 Å². The molecule has 0 aromatic rings. The number of urea groups is 1. The molecule has 6 unspecified atom stereocenters. The van der Waals surface area contributed by atoms with Crippen molar-refractivity contribution in [3.8, 4) is 0 Å². The molecule has 5 aliphatic rings. The first-order valence-electron chi connectivity index (χ1n) is 9.51. The van der Waals surface area contributed by atoms with Gasteiger partial charge in [-0.3, -0.25) is 0 Å². The molecule has 1 aliphatic heterocycles. The maximum absolute atomic E-state index is 12.8. The van der Waals surface area contributed by atoms with Crippen LogP contribution in [0.15, 0.2) is 0 Å². The van der Waals surface area contributed by atoms with Crippen LogP contribution in [0.4, 0.5) is 4.79 Å². The van der Waals surface area contributed by atoms with Crippen molar-refractivity contribution >= 4 is 6.03 Å². The van der Waals surface area contributed by atoms with Crippen LogP contribution in [0.3, 0.4) is 0 Å². The molecule has 4 nitrogen and oxygen atoms in total. The van der Waals surface area contributed by atoms with Gasteiger partial charge in [-0.05, 0) is 68.6 Å². The Morgan fingerprint density at radius 3 is 2.65 bits per heavy atom. The summed E-state index contributed by atoms with van der Waals surface area (Å²) in [5.74, 6) is 1.59. The molecule has 0 radical (unpaired) electrons. The van der Waals surface area contributed by atoms with Gasteiger partial charge >= 0.3 is 6.03 Å². The van der Waals surface area contributed by atoms with Crippen LogP contribution in [-0.2, 0) is 0 Å². The van der Waals surface area contributed by atoms with Gasteiger partial charge in [0.15, 0.2) is 0 Å². The fourth-order valence-corrected chi connectivity index (χ4v) is 6.67. The van der Waals surface area contributed by atoms with Crippen molar-refractivity contribution in [3.63, 3.8) is 0 Å². The molecule has 4 bridgehead atoms. The van der Waals surface area contributed by atoms with Crippen molar-refractivity contribution in [1.82, 2.24) is 10.2 Å². The summed E-state index contributed by atoms with van der Waals surface area (Å²) < 4.78 is 0. The van der Waals surface area contributed by atoms with E-state index in [4.69, 9.17) is 0 Å². The number of carbonyl (C=O) groups excluding carboxylic acids is 1. The zero-order chi connectivity index (χ0) is 16.6. The molecule has 6 atom stereocenters. The van der Waals surface area contributed by atoms with E-state index < -0.39 is 5.60 Å². The van der Waals surface area contributed by atoms with Crippen LogP contribution in [0.2, 0.25) is 0 Å². The van der Waals surface area contributed by atoms with Gasteiger partial charge in [0.1, 0.15) is 0 Å². The third-order valence-electron chi connectivity index (χ3n) is 7.86. The van der Waals surface area contributed by atoms with Crippen molar-refractivity contribution in [2.45, 2.75) is 83.4 Å². The van der Waals surface area contributed by atoms with Gasteiger partial charge in [-0.1, -0.05) is 20.8 Å². The first-order chi connectivity index (χ1) is 10.7. The van der Waals surface area contributed by atoms with Crippen LogP contribution >= 0.6 is 0 Å². The van der Waals surface area contributed by atoms with Gasteiger partial charge < -0.3 is 15.3 Å². The second-order valence-corrected chi connectivity index (χ2v) is 9.67. The second kappa shape index (κ2) is 4.65. The minimum absolute atomic E-state index is 0.124. The minimum atomic E-state index is -0.449. The molecular formula is C19H32N2O2. The highest BCUT2D eigenvalue weighted by molar-refractivity contribution is 5.78. The molecule has 23 heavy (non-hydrogen) atoms. The largest absolute Gasteiger partial charge is 0.390 e. The number of nitrogens with one attached hydrogen (secondary N) is 1. The van der Waals surface area contributed by atoms with Gasteiger partial charge in [-0.2, -0.15) is 0 Å². The number of nitrogens with zero attached hydrogens (tertiary/aromatic N) is 1. The number of hydrogen-bond donors (Lipinski definition) is 2. The van der Waals surface area contributed by atoms with Crippen LogP contribution in [0, 0.1) is 23.2 Å². The molecule has 130 valence electrons. The second-order valence-electron chi connectivity index (χ2n) is 9.67. The van der Waals surface area contributed by atoms with Gasteiger partial charge in [-0.15, -0.1) is 0 Å². The van der Waals surface area contributed by atoms with Crippen molar-refractivity contribution in [2.75, 3.05) is 6.54 Å². The Balaban J connectivity index is 1.68. The van der Waals surface area contributed by atoms with Crippen LogP contribution in [0.25, 0.3) is 0 Å². The van der Waals surface area contributed by atoms with Gasteiger partial charge in [-0.25, -0.2) is 4.79 Å². The number of carbonyl (C=O) groups is 1. The normalized spacial score (nSPS) is 51.7. The van der Waals surface area contributed by atoms with E-state index in [0.717, 1.165) is 32.2 Å². The van der Waals surface area contributed by atoms with Crippen molar-refractivity contribution in [3.05, 3.63) is 0 Å². The highest BCUT2D eigenvalue weighted by atomic mass is 16.3. The Morgan fingerprint density at radius 2 is 2.09 bits per heavy atom. The maximum Gasteiger partial charge on any atom is 0.318 e. The van der Waals surface area contributed by atoms with Crippen LogP contribution in [-0.4, -0.2) is 39.8 Å². The van der Waals surface area contributed by atoms with Crippen molar-refractivity contribution in [1.29, 1.82) is 0 Å². The molecule has 2 amide bonds. The molecule has 5 rings (SSSR count). The van der Waals surface area contributed by atoms with Gasteiger partial charge in [0.2, 0.25) is 0 Å². The quantitative estimate of drug-likeness (QED) is 0.839. The molecule has 4 heteroatoms. The Labute approximate surface area is 140 Å². The zero-order valence-electron chi connectivity index (χ0n) is 15.1. The molecule has 0 spiro atoms. The number of amides is 2. The maximum atomic E-state index is 12.8. The Hall–Kier alpha value is -0.770. The topological polar surface area (TPSA) is 52.6 Å². The summed E-state index contributed by atoms with van der Waals surface area (Å²) in [4.78, 5) is 15.0. The number of hydrogen-bond acceptors (Lipinski definition) is 2. The lowest BCUT2D eigenvalue weighted by Crippen LogP contribution is -2.67. The van der Waals surface area contributed by atoms with E-state index in [9.17, 15) is 9.90 Å². The molecule has 0 aromatic carbocycles. The van der Waals surface area contributed by atoms with E-state index in [2.05, 4.69) is 37.9 Å². The average molecular weight is 320 g/mol. The predicted molar refractivity (Wildman–Crippen MR) is 90.0 cm³/mol. The number of rotatable bonds is 3. The zero-order valence-corrected chi connectivity index (χ0v) is 15.1. The summed E-state index contributed by atoms with van der Waals surface area (Å²) in [5, 5.41) is 14.3. The lowest BCUT2D eigenvalue weighted by atomic mass is 9.45. The molecule has 0 aromatic heterocycles. The van der Waals surface area contributed by atoms with E-state index in [0.29, 0.717) is 23.8 Å². The minimum Gasteiger partial charge on any atom is -0.390 e. The van der Waals surface area contributed by atoms with Crippen LogP contribution < -0.4 is 5.32 Å². The molecular weight excluding hydrogens is 288 g/mol. The lowest BCUT2D eigenvalue weighted by molar-refractivity contribution is -0.196. The molecule has 2 N–H and O–H groups in total. The molecule has 5 fully saturated rings. The summed E-state index contributed by atoms with van der Waals surface area (Å²) in [6, 6.07) is 0.448. The first kappa shape index (κ1) is 15.7. The van der Waals surface area contributed by atoms with Crippen molar-refractivity contribution in [2.24, 2.45) is 23.2 Å². The third kappa shape index (κ3) is 2.09. The van der Waals surface area contributed by atoms with Gasteiger partial charge in [0.05, 0.1) is 11.1 Å². The van der Waals surface area contributed by atoms with E-state index >= 15 is 0 Å². The monoisotopic (exact) mass is 320 g/mol. The highest BCUT2D eigenvalue weighted by Gasteiger charge is 2.64. The third-order valence-corrected chi connectivity index (χ3v) is 7.86. The summed E-state index contributed by atoms with van der Waals surface area (Å²) in [6.45, 7) is 9.64. The number of aliphatic hydroxyl groups is 1. The Kier molecular flexibility index (Phi) is 3.18.